The van der Waals surface area contributed by atoms with E-state index in [1.807, 2.05) is 0 Å². The van der Waals surface area contributed by atoms with Crippen molar-refractivity contribution in [3.63, 3.8) is 0 Å². The highest BCUT2D eigenvalue weighted by Gasteiger charge is 2.19. The van der Waals surface area contributed by atoms with E-state index in [9.17, 15) is 9.90 Å². The van der Waals surface area contributed by atoms with Crippen LogP contribution in [0, 0.1) is 5.92 Å². The maximum absolute atomic E-state index is 12.0. The number of carbonyl (C=O) groups excluding carboxylic acids is 1. The Bertz CT molecular complexity index is 471. The first-order valence-corrected chi connectivity index (χ1v) is 7.88. The minimum atomic E-state index is -0.201. The molecule has 1 aliphatic rings. The third-order valence-corrected chi connectivity index (χ3v) is 4.40. The van der Waals surface area contributed by atoms with Gasteiger partial charge >= 0.3 is 0 Å². The van der Waals surface area contributed by atoms with Crippen LogP contribution in [0.15, 0.2) is 22.7 Å². The maximum atomic E-state index is 12.0. The zero-order chi connectivity index (χ0) is 14.5. The Labute approximate surface area is 128 Å². The van der Waals surface area contributed by atoms with Crippen LogP contribution in [0.25, 0.3) is 0 Å². The molecule has 0 bridgehead atoms. The number of likely N-dealkylation sites (tertiary alicyclic amines) is 1. The van der Waals surface area contributed by atoms with Gasteiger partial charge in [0.1, 0.15) is 5.75 Å². The van der Waals surface area contributed by atoms with Gasteiger partial charge in [-0.1, -0.05) is 22.9 Å². The first kappa shape index (κ1) is 15.3. The molecule has 1 saturated heterocycles. The zero-order valence-corrected chi connectivity index (χ0v) is 13.3. The molecule has 0 spiro atoms. The number of hydrogen-bond donors (Lipinski definition) is 2. The van der Waals surface area contributed by atoms with E-state index in [1.54, 1.807) is 12.1 Å². The molecule has 1 aromatic rings. The van der Waals surface area contributed by atoms with E-state index in [1.165, 1.54) is 6.07 Å². The van der Waals surface area contributed by atoms with Crippen molar-refractivity contribution in [1.29, 1.82) is 0 Å². The largest absolute Gasteiger partial charge is 0.507 e. The molecule has 1 aromatic carbocycles. The lowest BCUT2D eigenvalue weighted by Crippen LogP contribution is -2.38. The highest BCUT2D eigenvalue weighted by Crippen LogP contribution is 2.22. The van der Waals surface area contributed by atoms with Gasteiger partial charge in [0.25, 0.3) is 5.91 Å². The van der Waals surface area contributed by atoms with Gasteiger partial charge in [0.2, 0.25) is 0 Å². The SMILES string of the molecule is CCN1CCC(CNC(=O)c2ccc(Br)cc2O)CC1. The molecule has 5 heteroatoms. The van der Waals surface area contributed by atoms with Gasteiger partial charge in [-0.05, 0) is 56.6 Å². The van der Waals surface area contributed by atoms with Crippen molar-refractivity contribution in [2.45, 2.75) is 19.8 Å². The van der Waals surface area contributed by atoms with Crippen LogP contribution >= 0.6 is 15.9 Å². The Morgan fingerprint density at radius 3 is 2.75 bits per heavy atom. The molecule has 1 aliphatic heterocycles. The Morgan fingerprint density at radius 2 is 2.15 bits per heavy atom. The van der Waals surface area contributed by atoms with Crippen molar-refractivity contribution < 1.29 is 9.90 Å². The summed E-state index contributed by atoms with van der Waals surface area (Å²) in [6.07, 6.45) is 2.25. The van der Waals surface area contributed by atoms with Crippen LogP contribution in [-0.4, -0.2) is 42.1 Å². The summed E-state index contributed by atoms with van der Waals surface area (Å²) in [6.45, 7) is 6.19. The van der Waals surface area contributed by atoms with Crippen molar-refractivity contribution in [3.05, 3.63) is 28.2 Å². The normalized spacial score (nSPS) is 17.1. The van der Waals surface area contributed by atoms with E-state index in [2.05, 4.69) is 33.1 Å². The Balaban J connectivity index is 1.83. The van der Waals surface area contributed by atoms with Gasteiger partial charge in [-0.2, -0.15) is 0 Å². The number of amides is 1. The summed E-state index contributed by atoms with van der Waals surface area (Å²) in [5.41, 5.74) is 0.333. The predicted octanol–water partition coefficient (Wildman–Crippen LogP) is 2.62. The molecule has 0 unspecified atom stereocenters. The van der Waals surface area contributed by atoms with Crippen molar-refractivity contribution in [2.24, 2.45) is 5.92 Å². The number of carbonyl (C=O) groups is 1. The lowest BCUT2D eigenvalue weighted by molar-refractivity contribution is 0.0934. The van der Waals surface area contributed by atoms with E-state index in [-0.39, 0.29) is 11.7 Å². The topological polar surface area (TPSA) is 52.6 Å². The van der Waals surface area contributed by atoms with E-state index in [4.69, 9.17) is 0 Å². The smallest absolute Gasteiger partial charge is 0.255 e. The van der Waals surface area contributed by atoms with Crippen LogP contribution < -0.4 is 5.32 Å². The third-order valence-electron chi connectivity index (χ3n) is 3.91. The van der Waals surface area contributed by atoms with Crippen LogP contribution in [0.4, 0.5) is 0 Å². The first-order chi connectivity index (χ1) is 9.60. The average molecular weight is 341 g/mol. The van der Waals surface area contributed by atoms with Crippen LogP contribution in [0.1, 0.15) is 30.1 Å². The van der Waals surface area contributed by atoms with Gasteiger partial charge in [0.15, 0.2) is 0 Å². The van der Waals surface area contributed by atoms with Gasteiger partial charge in [-0.25, -0.2) is 0 Å². The Morgan fingerprint density at radius 1 is 1.45 bits per heavy atom. The first-order valence-electron chi connectivity index (χ1n) is 7.09. The highest BCUT2D eigenvalue weighted by atomic mass is 79.9. The molecular weight excluding hydrogens is 320 g/mol. The number of benzene rings is 1. The summed E-state index contributed by atoms with van der Waals surface area (Å²) in [6, 6.07) is 4.93. The minimum absolute atomic E-state index is 0.0117. The molecule has 4 nitrogen and oxygen atoms in total. The molecule has 0 atom stereocenters. The van der Waals surface area contributed by atoms with E-state index in [0.717, 1.165) is 36.9 Å². The summed E-state index contributed by atoms with van der Waals surface area (Å²) in [4.78, 5) is 14.5. The average Bonchev–Trinajstić information content (AvgIpc) is 2.45. The highest BCUT2D eigenvalue weighted by molar-refractivity contribution is 9.10. The monoisotopic (exact) mass is 340 g/mol. The summed E-state index contributed by atoms with van der Waals surface area (Å²) < 4.78 is 0.762. The molecule has 2 N–H and O–H groups in total. The number of phenols is 1. The molecule has 0 radical (unpaired) electrons. The quantitative estimate of drug-likeness (QED) is 0.885. The fourth-order valence-electron chi connectivity index (χ4n) is 2.54. The fraction of sp³-hybridized carbons (Fsp3) is 0.533. The van der Waals surface area contributed by atoms with E-state index >= 15 is 0 Å². The lowest BCUT2D eigenvalue weighted by atomic mass is 9.96. The number of aromatic hydroxyl groups is 1. The number of piperidine rings is 1. The van der Waals surface area contributed by atoms with Crippen LogP contribution in [0.2, 0.25) is 0 Å². The molecule has 1 fully saturated rings. The third kappa shape index (κ3) is 3.96. The molecule has 1 amide bonds. The van der Waals surface area contributed by atoms with Crippen molar-refractivity contribution in [1.82, 2.24) is 10.2 Å². The molecular formula is C15H21BrN2O2. The van der Waals surface area contributed by atoms with Crippen molar-refractivity contribution >= 4 is 21.8 Å². The molecule has 1 heterocycles. The summed E-state index contributed by atoms with van der Waals surface area (Å²) in [5.74, 6) is 0.352. The van der Waals surface area contributed by atoms with Gasteiger partial charge in [0.05, 0.1) is 5.56 Å². The van der Waals surface area contributed by atoms with Gasteiger partial charge in [0, 0.05) is 11.0 Å². The van der Waals surface area contributed by atoms with Crippen molar-refractivity contribution in [2.75, 3.05) is 26.2 Å². The molecule has 110 valence electrons. The maximum Gasteiger partial charge on any atom is 0.255 e. The van der Waals surface area contributed by atoms with Gasteiger partial charge < -0.3 is 15.3 Å². The second kappa shape index (κ2) is 7.09. The number of nitrogens with zero attached hydrogens (tertiary/aromatic N) is 1. The molecule has 2 rings (SSSR count). The Hall–Kier alpha value is -1.07. The number of nitrogens with one attached hydrogen (secondary N) is 1. The van der Waals surface area contributed by atoms with Crippen LogP contribution in [0.5, 0.6) is 5.75 Å². The number of hydrogen-bond acceptors (Lipinski definition) is 3. The lowest BCUT2D eigenvalue weighted by Gasteiger charge is -2.31. The fourth-order valence-corrected chi connectivity index (χ4v) is 2.88. The Kier molecular flexibility index (Phi) is 5.43. The molecule has 20 heavy (non-hydrogen) atoms. The predicted molar refractivity (Wildman–Crippen MR) is 83.0 cm³/mol. The van der Waals surface area contributed by atoms with Gasteiger partial charge in [-0.3, -0.25) is 4.79 Å². The number of halogens is 1. The standard InChI is InChI=1S/C15H21BrN2O2/c1-2-18-7-5-11(6-8-18)10-17-15(20)13-4-3-12(16)9-14(13)19/h3-4,9,11,19H,2,5-8,10H2,1H3,(H,17,20). The van der Waals surface area contributed by atoms with Crippen molar-refractivity contribution in [3.8, 4) is 5.75 Å². The molecule has 0 aliphatic carbocycles. The van der Waals surface area contributed by atoms with E-state index < -0.39 is 0 Å². The summed E-state index contributed by atoms with van der Waals surface area (Å²) in [7, 11) is 0. The second-order valence-corrected chi connectivity index (χ2v) is 6.16. The molecule has 0 aromatic heterocycles. The van der Waals surface area contributed by atoms with Gasteiger partial charge in [-0.15, -0.1) is 0 Å². The number of phenolic OH excluding ortho intramolecular Hbond substituents is 1. The second-order valence-electron chi connectivity index (χ2n) is 5.25. The molecule has 0 saturated carbocycles. The van der Waals surface area contributed by atoms with Crippen LogP contribution in [0.3, 0.4) is 0 Å². The minimum Gasteiger partial charge on any atom is -0.507 e. The summed E-state index contributed by atoms with van der Waals surface area (Å²) >= 11 is 3.26. The van der Waals surface area contributed by atoms with Crippen LogP contribution in [-0.2, 0) is 0 Å². The summed E-state index contributed by atoms with van der Waals surface area (Å²) in [5, 5.41) is 12.7. The zero-order valence-electron chi connectivity index (χ0n) is 11.7. The number of rotatable bonds is 4. The van der Waals surface area contributed by atoms with E-state index in [0.29, 0.717) is 18.0 Å².